The van der Waals surface area contributed by atoms with Crippen LogP contribution >= 0.6 is 11.6 Å². The van der Waals surface area contributed by atoms with Gasteiger partial charge in [0.1, 0.15) is 0 Å². The minimum atomic E-state index is -0.415. The molecule has 0 atom stereocenters. The average Bonchev–Trinajstić information content (AvgIpc) is 3.03. The topological polar surface area (TPSA) is 44.1 Å². The predicted molar refractivity (Wildman–Crippen MR) is 104 cm³/mol. The van der Waals surface area contributed by atoms with Gasteiger partial charge in [-0.3, -0.25) is 4.68 Å². The van der Waals surface area contributed by atoms with Gasteiger partial charge >= 0.3 is 5.97 Å². The highest BCUT2D eigenvalue weighted by Gasteiger charge is 2.17. The van der Waals surface area contributed by atoms with E-state index in [1.54, 1.807) is 13.0 Å². The first kappa shape index (κ1) is 18.2. The van der Waals surface area contributed by atoms with E-state index in [9.17, 15) is 4.79 Å². The van der Waals surface area contributed by atoms with E-state index >= 15 is 0 Å². The van der Waals surface area contributed by atoms with Crippen molar-refractivity contribution in [2.75, 3.05) is 6.61 Å². The number of esters is 1. The summed E-state index contributed by atoms with van der Waals surface area (Å²) in [6, 6.07) is 15.8. The van der Waals surface area contributed by atoms with Crippen LogP contribution in [0.5, 0.6) is 0 Å². The van der Waals surface area contributed by atoms with Gasteiger partial charge in [0.05, 0.1) is 18.8 Å². The molecule has 1 heterocycles. The normalized spacial score (nSPS) is 10.8. The van der Waals surface area contributed by atoms with E-state index in [4.69, 9.17) is 16.3 Å². The molecule has 2 aromatic carbocycles. The zero-order valence-electron chi connectivity index (χ0n) is 15.1. The quantitative estimate of drug-likeness (QED) is 0.592. The van der Waals surface area contributed by atoms with Crippen LogP contribution in [0.25, 0.3) is 11.3 Å². The first-order valence-electron chi connectivity index (χ1n) is 8.55. The van der Waals surface area contributed by atoms with Crippen LogP contribution in [0.15, 0.2) is 48.5 Å². The third-order valence-corrected chi connectivity index (χ3v) is 4.60. The molecule has 0 amide bonds. The number of ether oxygens (including phenoxy) is 1. The minimum Gasteiger partial charge on any atom is -0.461 e. The second-order valence-corrected chi connectivity index (χ2v) is 6.65. The Morgan fingerprint density at radius 3 is 2.50 bits per heavy atom. The Balaban J connectivity index is 2.03. The number of hydrogen-bond donors (Lipinski definition) is 0. The molecule has 4 nitrogen and oxygen atoms in total. The molecule has 0 saturated heterocycles. The highest BCUT2D eigenvalue weighted by Crippen LogP contribution is 2.26. The Morgan fingerprint density at radius 1 is 1.12 bits per heavy atom. The molecule has 0 spiro atoms. The fourth-order valence-corrected chi connectivity index (χ4v) is 2.86. The van der Waals surface area contributed by atoms with Crippen molar-refractivity contribution in [3.63, 3.8) is 0 Å². The highest BCUT2D eigenvalue weighted by molar-refractivity contribution is 6.31. The molecule has 134 valence electrons. The van der Waals surface area contributed by atoms with Crippen LogP contribution in [0.4, 0.5) is 0 Å². The minimum absolute atomic E-state index is 0.307. The Bertz CT molecular complexity index is 930. The number of benzene rings is 2. The van der Waals surface area contributed by atoms with Crippen LogP contribution in [-0.4, -0.2) is 22.4 Å². The summed E-state index contributed by atoms with van der Waals surface area (Å²) < 4.78 is 6.94. The smallest absolute Gasteiger partial charge is 0.358 e. The molecule has 0 fully saturated rings. The maximum absolute atomic E-state index is 12.1. The molecule has 0 aliphatic heterocycles. The maximum Gasteiger partial charge on any atom is 0.358 e. The van der Waals surface area contributed by atoms with Gasteiger partial charge in [-0.1, -0.05) is 47.5 Å². The summed E-state index contributed by atoms with van der Waals surface area (Å²) in [6.07, 6.45) is 0. The largest absolute Gasteiger partial charge is 0.461 e. The van der Waals surface area contributed by atoms with Gasteiger partial charge in [-0.25, -0.2) is 4.79 Å². The van der Waals surface area contributed by atoms with Crippen molar-refractivity contribution >= 4 is 17.6 Å². The molecule has 0 saturated carbocycles. The highest BCUT2D eigenvalue weighted by atomic mass is 35.5. The van der Waals surface area contributed by atoms with Crippen molar-refractivity contribution in [2.24, 2.45) is 0 Å². The molecule has 0 aliphatic carbocycles. The monoisotopic (exact) mass is 368 g/mol. The van der Waals surface area contributed by atoms with E-state index in [1.165, 1.54) is 5.56 Å². The molecule has 1 aromatic heterocycles. The summed E-state index contributed by atoms with van der Waals surface area (Å²) in [5.74, 6) is -0.415. The van der Waals surface area contributed by atoms with Crippen molar-refractivity contribution in [1.82, 2.24) is 9.78 Å². The van der Waals surface area contributed by atoms with E-state index in [2.05, 4.69) is 36.3 Å². The van der Waals surface area contributed by atoms with Gasteiger partial charge in [0, 0.05) is 10.6 Å². The average molecular weight is 369 g/mol. The van der Waals surface area contributed by atoms with E-state index < -0.39 is 5.97 Å². The lowest BCUT2D eigenvalue weighted by atomic mass is 10.1. The van der Waals surface area contributed by atoms with Gasteiger partial charge in [-0.15, -0.1) is 0 Å². The van der Waals surface area contributed by atoms with Crippen LogP contribution in [0.1, 0.15) is 34.1 Å². The van der Waals surface area contributed by atoms with Crippen molar-refractivity contribution in [2.45, 2.75) is 27.3 Å². The molecule has 0 unspecified atom stereocenters. The molecule has 0 N–H and O–H groups in total. The molecule has 3 aromatic rings. The van der Waals surface area contributed by atoms with Gasteiger partial charge in [0.25, 0.3) is 0 Å². The van der Waals surface area contributed by atoms with Gasteiger partial charge in [0.2, 0.25) is 0 Å². The summed E-state index contributed by atoms with van der Waals surface area (Å²) in [6.45, 7) is 6.68. The Morgan fingerprint density at radius 2 is 1.85 bits per heavy atom. The van der Waals surface area contributed by atoms with Gasteiger partial charge in [-0.05, 0) is 50.1 Å². The third kappa shape index (κ3) is 3.97. The van der Waals surface area contributed by atoms with Crippen molar-refractivity contribution in [1.29, 1.82) is 0 Å². The van der Waals surface area contributed by atoms with Crippen LogP contribution in [-0.2, 0) is 11.3 Å². The molecule has 26 heavy (non-hydrogen) atoms. The molecule has 0 radical (unpaired) electrons. The zero-order chi connectivity index (χ0) is 18.7. The van der Waals surface area contributed by atoms with Crippen molar-refractivity contribution in [3.05, 3.63) is 75.9 Å². The number of aryl methyl sites for hydroxylation is 2. The zero-order valence-corrected chi connectivity index (χ0v) is 15.9. The molecule has 3 rings (SSSR count). The second-order valence-electron chi connectivity index (χ2n) is 6.24. The standard InChI is InChI=1S/C21H21ClN2O2/c1-4-26-21(25)19-12-20(17-9-10-18(22)15(3)11-17)24(23-19)13-16-7-5-14(2)6-8-16/h5-12H,4,13H2,1-3H3. The molecule has 0 bridgehead atoms. The second kappa shape index (κ2) is 7.75. The predicted octanol–water partition coefficient (Wildman–Crippen LogP) is 5.05. The summed E-state index contributed by atoms with van der Waals surface area (Å²) in [4.78, 5) is 12.1. The maximum atomic E-state index is 12.1. The lowest BCUT2D eigenvalue weighted by Gasteiger charge is -2.09. The van der Waals surface area contributed by atoms with Crippen LogP contribution in [0.2, 0.25) is 5.02 Å². The van der Waals surface area contributed by atoms with Crippen LogP contribution in [0, 0.1) is 13.8 Å². The first-order valence-corrected chi connectivity index (χ1v) is 8.92. The van der Waals surface area contributed by atoms with E-state index in [-0.39, 0.29) is 0 Å². The molecule has 0 aliphatic rings. The summed E-state index contributed by atoms with van der Waals surface area (Å²) >= 11 is 6.15. The SMILES string of the molecule is CCOC(=O)c1cc(-c2ccc(Cl)c(C)c2)n(Cc2ccc(C)cc2)n1. The Kier molecular flexibility index (Phi) is 5.43. The summed E-state index contributed by atoms with van der Waals surface area (Å²) in [5.41, 5.74) is 5.41. The van der Waals surface area contributed by atoms with Gasteiger partial charge in [0.15, 0.2) is 5.69 Å². The third-order valence-electron chi connectivity index (χ3n) is 4.17. The van der Waals surface area contributed by atoms with Crippen molar-refractivity contribution in [3.8, 4) is 11.3 Å². The fourth-order valence-electron chi connectivity index (χ4n) is 2.74. The number of halogens is 1. The number of aromatic nitrogens is 2. The molecular formula is C21H21ClN2O2. The molecule has 5 heteroatoms. The fraction of sp³-hybridized carbons (Fsp3) is 0.238. The Labute approximate surface area is 158 Å². The number of carbonyl (C=O) groups is 1. The first-order chi connectivity index (χ1) is 12.5. The van der Waals surface area contributed by atoms with E-state index in [0.717, 1.165) is 22.4 Å². The Hall–Kier alpha value is -2.59. The van der Waals surface area contributed by atoms with E-state index in [0.29, 0.717) is 23.9 Å². The number of carbonyl (C=O) groups excluding carboxylic acids is 1. The van der Waals surface area contributed by atoms with E-state index in [1.807, 2.05) is 29.8 Å². The number of nitrogens with zero attached hydrogens (tertiary/aromatic N) is 2. The van der Waals surface area contributed by atoms with Crippen LogP contribution < -0.4 is 0 Å². The number of rotatable bonds is 5. The summed E-state index contributed by atoms with van der Waals surface area (Å²) in [5, 5.41) is 5.20. The lowest BCUT2D eigenvalue weighted by molar-refractivity contribution is 0.0518. The van der Waals surface area contributed by atoms with Gasteiger partial charge in [-0.2, -0.15) is 5.10 Å². The molecular weight excluding hydrogens is 348 g/mol. The van der Waals surface area contributed by atoms with Crippen molar-refractivity contribution < 1.29 is 9.53 Å². The number of hydrogen-bond acceptors (Lipinski definition) is 3. The van der Waals surface area contributed by atoms with Gasteiger partial charge < -0.3 is 4.74 Å². The summed E-state index contributed by atoms with van der Waals surface area (Å²) in [7, 11) is 0. The van der Waals surface area contributed by atoms with Crippen LogP contribution in [0.3, 0.4) is 0 Å². The lowest BCUT2D eigenvalue weighted by Crippen LogP contribution is -2.08.